The molecule has 2 aromatic rings. The Bertz CT molecular complexity index is 556. The van der Waals surface area contributed by atoms with Crippen LogP contribution in [-0.2, 0) is 0 Å². The maximum Gasteiger partial charge on any atom is 0.133 e. The number of rotatable bonds is 1. The van der Waals surface area contributed by atoms with Crippen LogP contribution in [0.1, 0.15) is 5.69 Å². The molecule has 2 rings (SSSR count). The predicted octanol–water partition coefficient (Wildman–Crippen LogP) is 2.77. The largest absolute Gasteiger partial charge is 0.388 e. The molecule has 5 heteroatoms. The number of fused-ring (bicyclic) bond motifs is 1. The van der Waals surface area contributed by atoms with Crippen molar-refractivity contribution < 1.29 is 4.39 Å². The molecule has 1 heterocycles. The Balaban J connectivity index is 2.96. The summed E-state index contributed by atoms with van der Waals surface area (Å²) in [6, 6.07) is 4.77. The topological polar surface area (TPSA) is 38.9 Å². The highest BCUT2D eigenvalue weighted by Crippen LogP contribution is 2.27. The molecule has 76 valence electrons. The van der Waals surface area contributed by atoms with Gasteiger partial charge in [-0.15, -0.1) is 0 Å². The van der Waals surface area contributed by atoms with Gasteiger partial charge in [-0.25, -0.2) is 4.39 Å². The fourth-order valence-corrected chi connectivity index (χ4v) is 1.99. The van der Waals surface area contributed by atoms with E-state index in [1.165, 1.54) is 6.07 Å². The quantitative estimate of drug-likeness (QED) is 0.819. The first-order valence-electron chi connectivity index (χ1n) is 4.14. The predicted molar refractivity (Wildman–Crippen MR) is 65.3 cm³/mol. The Kier molecular flexibility index (Phi) is 2.67. The van der Waals surface area contributed by atoms with Crippen LogP contribution in [0.5, 0.6) is 0 Å². The molecular formula is C10H6BrFN2S. The second kappa shape index (κ2) is 3.83. The molecule has 0 amide bonds. The standard InChI is InChI=1S/C10H6BrFN2S/c11-6-4-14-9(10(13)15)8-5(6)2-1-3-7(8)12/h1-4H,(H2,13,15). The summed E-state index contributed by atoms with van der Waals surface area (Å²) < 4.78 is 14.3. The summed E-state index contributed by atoms with van der Waals surface area (Å²) >= 11 is 8.13. The zero-order valence-corrected chi connectivity index (χ0v) is 9.90. The van der Waals surface area contributed by atoms with Crippen molar-refractivity contribution in [2.24, 2.45) is 5.73 Å². The molecule has 0 aliphatic carbocycles. The van der Waals surface area contributed by atoms with E-state index in [1.807, 2.05) is 0 Å². The lowest BCUT2D eigenvalue weighted by Gasteiger charge is -2.06. The second-order valence-corrected chi connectivity index (χ2v) is 4.28. The van der Waals surface area contributed by atoms with Crippen molar-refractivity contribution in [2.45, 2.75) is 0 Å². The lowest BCUT2D eigenvalue weighted by Crippen LogP contribution is -2.12. The SMILES string of the molecule is NC(=S)c1ncc(Br)c2cccc(F)c12. The fraction of sp³-hybridized carbons (Fsp3) is 0. The number of hydrogen-bond donors (Lipinski definition) is 1. The van der Waals surface area contributed by atoms with Crippen molar-refractivity contribution in [3.63, 3.8) is 0 Å². The number of pyridine rings is 1. The molecule has 2 nitrogen and oxygen atoms in total. The Morgan fingerprint density at radius 1 is 1.47 bits per heavy atom. The first-order valence-corrected chi connectivity index (χ1v) is 5.34. The number of thiocarbonyl (C=S) groups is 1. The van der Waals surface area contributed by atoms with Gasteiger partial charge in [0.2, 0.25) is 0 Å². The Morgan fingerprint density at radius 3 is 2.87 bits per heavy atom. The summed E-state index contributed by atoms with van der Waals surface area (Å²) in [5.74, 6) is -0.371. The van der Waals surface area contributed by atoms with E-state index in [0.29, 0.717) is 16.5 Å². The molecule has 0 aliphatic rings. The second-order valence-electron chi connectivity index (χ2n) is 2.98. The van der Waals surface area contributed by atoms with Gasteiger partial charge in [-0.1, -0.05) is 24.4 Å². The minimum absolute atomic E-state index is 0.0950. The number of halogens is 2. The number of aromatic nitrogens is 1. The molecular weight excluding hydrogens is 279 g/mol. The van der Waals surface area contributed by atoms with E-state index in [2.05, 4.69) is 20.9 Å². The normalized spacial score (nSPS) is 10.5. The molecule has 0 bridgehead atoms. The lowest BCUT2D eigenvalue weighted by atomic mass is 10.1. The van der Waals surface area contributed by atoms with E-state index in [1.54, 1.807) is 18.3 Å². The van der Waals surface area contributed by atoms with Crippen molar-refractivity contribution in [1.29, 1.82) is 0 Å². The Labute approximate surface area is 99.4 Å². The maximum atomic E-state index is 13.6. The number of benzene rings is 1. The fourth-order valence-electron chi connectivity index (χ4n) is 1.41. The van der Waals surface area contributed by atoms with Crippen molar-refractivity contribution in [1.82, 2.24) is 4.98 Å². The molecule has 1 aromatic heterocycles. The summed E-state index contributed by atoms with van der Waals surface area (Å²) in [6.45, 7) is 0. The number of hydrogen-bond acceptors (Lipinski definition) is 2. The number of nitrogens with zero attached hydrogens (tertiary/aromatic N) is 1. The van der Waals surface area contributed by atoms with E-state index in [9.17, 15) is 4.39 Å². The molecule has 15 heavy (non-hydrogen) atoms. The highest BCUT2D eigenvalue weighted by molar-refractivity contribution is 9.10. The summed E-state index contributed by atoms with van der Waals surface area (Å²) in [5, 5.41) is 1.08. The van der Waals surface area contributed by atoms with Crippen LogP contribution in [0.3, 0.4) is 0 Å². The molecule has 0 radical (unpaired) electrons. The van der Waals surface area contributed by atoms with Gasteiger partial charge < -0.3 is 5.73 Å². The number of nitrogens with two attached hydrogens (primary N) is 1. The molecule has 0 aliphatic heterocycles. The van der Waals surface area contributed by atoms with Crippen molar-refractivity contribution in [3.05, 3.63) is 40.4 Å². The van der Waals surface area contributed by atoms with E-state index in [0.717, 1.165) is 4.47 Å². The first kappa shape index (κ1) is 10.4. The highest BCUT2D eigenvalue weighted by atomic mass is 79.9. The van der Waals surface area contributed by atoms with Gasteiger partial charge in [0.15, 0.2) is 0 Å². The van der Waals surface area contributed by atoms with Gasteiger partial charge in [-0.05, 0) is 22.0 Å². The van der Waals surface area contributed by atoms with Gasteiger partial charge in [0.1, 0.15) is 16.5 Å². The van der Waals surface area contributed by atoms with Gasteiger partial charge in [-0.3, -0.25) is 4.98 Å². The van der Waals surface area contributed by atoms with Crippen LogP contribution in [0.2, 0.25) is 0 Å². The van der Waals surface area contributed by atoms with Crippen molar-refractivity contribution in [2.75, 3.05) is 0 Å². The van der Waals surface area contributed by atoms with Crippen LogP contribution in [-0.4, -0.2) is 9.97 Å². The third-order valence-corrected chi connectivity index (χ3v) is 2.87. The van der Waals surface area contributed by atoms with Gasteiger partial charge in [0, 0.05) is 21.4 Å². The summed E-state index contributed by atoms with van der Waals surface area (Å²) in [7, 11) is 0. The molecule has 0 atom stereocenters. The average Bonchev–Trinajstić information content (AvgIpc) is 2.19. The third-order valence-electron chi connectivity index (χ3n) is 2.05. The Morgan fingerprint density at radius 2 is 2.20 bits per heavy atom. The monoisotopic (exact) mass is 284 g/mol. The van der Waals surface area contributed by atoms with E-state index < -0.39 is 0 Å². The minimum Gasteiger partial charge on any atom is -0.388 e. The average molecular weight is 285 g/mol. The van der Waals surface area contributed by atoms with E-state index in [-0.39, 0.29) is 10.8 Å². The maximum absolute atomic E-state index is 13.6. The molecule has 0 saturated carbocycles. The zero-order chi connectivity index (χ0) is 11.0. The summed E-state index contributed by atoms with van der Waals surface area (Å²) in [4.78, 5) is 4.11. The van der Waals surface area contributed by atoms with Crippen LogP contribution in [0.25, 0.3) is 10.8 Å². The van der Waals surface area contributed by atoms with E-state index >= 15 is 0 Å². The summed E-state index contributed by atoms with van der Waals surface area (Å²) in [5.41, 5.74) is 5.81. The van der Waals surface area contributed by atoms with Crippen LogP contribution in [0, 0.1) is 5.82 Å². The molecule has 0 fully saturated rings. The van der Waals surface area contributed by atoms with Gasteiger partial charge in [-0.2, -0.15) is 0 Å². The highest BCUT2D eigenvalue weighted by Gasteiger charge is 2.11. The van der Waals surface area contributed by atoms with Crippen molar-refractivity contribution in [3.8, 4) is 0 Å². The third kappa shape index (κ3) is 1.72. The van der Waals surface area contributed by atoms with E-state index in [4.69, 9.17) is 18.0 Å². The van der Waals surface area contributed by atoms with Crippen LogP contribution >= 0.6 is 28.1 Å². The van der Waals surface area contributed by atoms with Gasteiger partial charge >= 0.3 is 0 Å². The van der Waals surface area contributed by atoms with Gasteiger partial charge in [0.05, 0.1) is 0 Å². The van der Waals surface area contributed by atoms with Crippen molar-refractivity contribution >= 4 is 43.9 Å². The lowest BCUT2D eigenvalue weighted by molar-refractivity contribution is 0.639. The molecule has 0 spiro atoms. The smallest absolute Gasteiger partial charge is 0.133 e. The summed E-state index contributed by atoms with van der Waals surface area (Å²) in [6.07, 6.45) is 1.57. The van der Waals surface area contributed by atoms with Crippen LogP contribution < -0.4 is 5.73 Å². The molecule has 1 aromatic carbocycles. The molecule has 0 unspecified atom stereocenters. The Hall–Kier alpha value is -1.07. The van der Waals surface area contributed by atoms with Crippen LogP contribution in [0.15, 0.2) is 28.9 Å². The van der Waals surface area contributed by atoms with Gasteiger partial charge in [0.25, 0.3) is 0 Å². The van der Waals surface area contributed by atoms with Crippen LogP contribution in [0.4, 0.5) is 4.39 Å². The minimum atomic E-state index is -0.371. The molecule has 0 saturated heterocycles. The zero-order valence-electron chi connectivity index (χ0n) is 7.50. The molecule has 2 N–H and O–H groups in total. The first-order chi connectivity index (χ1) is 7.11.